The molecule has 0 radical (unpaired) electrons. The Labute approximate surface area is 120 Å². The van der Waals surface area contributed by atoms with E-state index in [4.69, 9.17) is 18.0 Å². The second kappa shape index (κ2) is 8.38. The predicted molar refractivity (Wildman–Crippen MR) is 86.7 cm³/mol. The van der Waals surface area contributed by atoms with Gasteiger partial charge in [-0.3, -0.25) is 0 Å². The lowest BCUT2D eigenvalue weighted by Crippen LogP contribution is -2.15. The zero-order valence-electron chi connectivity index (χ0n) is 11.2. The molecule has 4 heteroatoms. The normalized spacial score (nSPS) is 10.3. The van der Waals surface area contributed by atoms with E-state index in [1.54, 1.807) is 11.8 Å². The van der Waals surface area contributed by atoms with Crippen molar-refractivity contribution in [1.82, 2.24) is 0 Å². The summed E-state index contributed by atoms with van der Waals surface area (Å²) in [5.74, 6) is 1.02. The minimum Gasteiger partial charge on any atom is -0.389 e. The smallest absolute Gasteiger partial charge is 0.107 e. The maximum absolute atomic E-state index is 5.85. The molecule has 0 heterocycles. The predicted octanol–water partition coefficient (Wildman–Crippen LogP) is 4.03. The van der Waals surface area contributed by atoms with Crippen LogP contribution in [0.1, 0.15) is 38.7 Å². The molecule has 0 saturated heterocycles. The van der Waals surface area contributed by atoms with Crippen LogP contribution in [0.25, 0.3) is 0 Å². The summed E-state index contributed by atoms with van der Waals surface area (Å²) in [7, 11) is 0. The van der Waals surface area contributed by atoms with Crippen molar-refractivity contribution in [3.05, 3.63) is 23.8 Å². The van der Waals surface area contributed by atoms with Gasteiger partial charge in [-0.1, -0.05) is 45.0 Å². The number of benzene rings is 1. The fraction of sp³-hybridized carbons (Fsp3) is 0.500. The molecule has 0 atom stereocenters. The van der Waals surface area contributed by atoms with E-state index in [1.807, 2.05) is 0 Å². The summed E-state index contributed by atoms with van der Waals surface area (Å²) in [6, 6.07) is 6.20. The SMILES string of the molecule is CCCCCNc1cccc(SCC)c1C(N)=S. The van der Waals surface area contributed by atoms with E-state index < -0.39 is 0 Å². The first-order valence-electron chi connectivity index (χ1n) is 6.50. The summed E-state index contributed by atoms with van der Waals surface area (Å²) >= 11 is 6.96. The Kier molecular flexibility index (Phi) is 7.13. The minimum atomic E-state index is 0.476. The highest BCUT2D eigenvalue weighted by Gasteiger charge is 2.10. The number of unbranched alkanes of at least 4 members (excludes halogenated alkanes) is 2. The number of rotatable bonds is 8. The number of nitrogens with one attached hydrogen (secondary N) is 1. The van der Waals surface area contributed by atoms with Crippen molar-refractivity contribution in [2.24, 2.45) is 5.73 Å². The molecule has 0 aliphatic heterocycles. The lowest BCUT2D eigenvalue weighted by atomic mass is 10.1. The zero-order valence-corrected chi connectivity index (χ0v) is 12.8. The molecular formula is C14H22N2S2. The fourth-order valence-electron chi connectivity index (χ4n) is 1.81. The Morgan fingerprint density at radius 1 is 1.33 bits per heavy atom. The molecule has 1 aromatic carbocycles. The van der Waals surface area contributed by atoms with Gasteiger partial charge in [0.15, 0.2) is 0 Å². The van der Waals surface area contributed by atoms with Gasteiger partial charge >= 0.3 is 0 Å². The average Bonchev–Trinajstić information content (AvgIpc) is 2.35. The maximum atomic E-state index is 5.85. The first kappa shape index (κ1) is 15.3. The Bertz CT molecular complexity index is 391. The van der Waals surface area contributed by atoms with Crippen molar-refractivity contribution < 1.29 is 0 Å². The summed E-state index contributed by atoms with van der Waals surface area (Å²) in [5, 5.41) is 3.45. The van der Waals surface area contributed by atoms with Gasteiger partial charge in [-0.15, -0.1) is 11.8 Å². The summed E-state index contributed by atoms with van der Waals surface area (Å²) in [6.07, 6.45) is 3.66. The number of thioether (sulfide) groups is 1. The van der Waals surface area contributed by atoms with E-state index >= 15 is 0 Å². The van der Waals surface area contributed by atoms with Gasteiger partial charge in [-0.25, -0.2) is 0 Å². The lowest BCUT2D eigenvalue weighted by Gasteiger charge is -2.14. The molecule has 18 heavy (non-hydrogen) atoms. The van der Waals surface area contributed by atoms with E-state index in [0.29, 0.717) is 4.99 Å². The largest absolute Gasteiger partial charge is 0.389 e. The Hall–Kier alpha value is -0.740. The highest BCUT2D eigenvalue weighted by atomic mass is 32.2. The van der Waals surface area contributed by atoms with Crippen LogP contribution in [0, 0.1) is 0 Å². The van der Waals surface area contributed by atoms with Crippen LogP contribution in [0.3, 0.4) is 0 Å². The van der Waals surface area contributed by atoms with Gasteiger partial charge in [0, 0.05) is 22.7 Å². The van der Waals surface area contributed by atoms with Crippen molar-refractivity contribution in [1.29, 1.82) is 0 Å². The fourth-order valence-corrected chi connectivity index (χ4v) is 2.94. The molecule has 0 fully saturated rings. The van der Waals surface area contributed by atoms with E-state index in [0.717, 1.165) is 23.5 Å². The molecule has 100 valence electrons. The second-order valence-electron chi connectivity index (χ2n) is 4.11. The Balaban J connectivity index is 2.82. The minimum absolute atomic E-state index is 0.476. The van der Waals surface area contributed by atoms with Gasteiger partial charge in [0.25, 0.3) is 0 Å². The van der Waals surface area contributed by atoms with Gasteiger partial charge in [-0.05, 0) is 24.3 Å². The first-order chi connectivity index (χ1) is 8.70. The van der Waals surface area contributed by atoms with Crippen LogP contribution in [0.5, 0.6) is 0 Å². The number of nitrogens with two attached hydrogens (primary N) is 1. The highest BCUT2D eigenvalue weighted by Crippen LogP contribution is 2.28. The molecule has 0 spiro atoms. The van der Waals surface area contributed by atoms with Gasteiger partial charge in [0.05, 0.1) is 0 Å². The third kappa shape index (κ3) is 4.50. The van der Waals surface area contributed by atoms with Gasteiger partial charge < -0.3 is 11.1 Å². The lowest BCUT2D eigenvalue weighted by molar-refractivity contribution is 0.743. The van der Waals surface area contributed by atoms with Crippen molar-refractivity contribution in [2.45, 2.75) is 38.0 Å². The maximum Gasteiger partial charge on any atom is 0.107 e. The molecule has 0 saturated carbocycles. The molecule has 0 aromatic heterocycles. The van der Waals surface area contributed by atoms with Crippen LogP contribution in [-0.2, 0) is 0 Å². The molecule has 0 bridgehead atoms. The topological polar surface area (TPSA) is 38.0 Å². The molecule has 0 aliphatic rings. The molecule has 0 aliphatic carbocycles. The molecule has 0 amide bonds. The van der Waals surface area contributed by atoms with Crippen LogP contribution >= 0.6 is 24.0 Å². The first-order valence-corrected chi connectivity index (χ1v) is 7.89. The monoisotopic (exact) mass is 282 g/mol. The third-order valence-electron chi connectivity index (χ3n) is 2.67. The van der Waals surface area contributed by atoms with Gasteiger partial charge in [0.2, 0.25) is 0 Å². The van der Waals surface area contributed by atoms with Crippen LogP contribution in [0.2, 0.25) is 0 Å². The summed E-state index contributed by atoms with van der Waals surface area (Å²) < 4.78 is 0. The van der Waals surface area contributed by atoms with Crippen molar-refractivity contribution in [2.75, 3.05) is 17.6 Å². The number of hydrogen-bond donors (Lipinski definition) is 2. The van der Waals surface area contributed by atoms with Crippen LogP contribution in [0.15, 0.2) is 23.1 Å². The van der Waals surface area contributed by atoms with Crippen LogP contribution in [0.4, 0.5) is 5.69 Å². The molecule has 3 N–H and O–H groups in total. The molecular weight excluding hydrogens is 260 g/mol. The Morgan fingerprint density at radius 2 is 2.11 bits per heavy atom. The quantitative estimate of drug-likeness (QED) is 0.429. The highest BCUT2D eigenvalue weighted by molar-refractivity contribution is 7.99. The van der Waals surface area contributed by atoms with Crippen LogP contribution in [-0.4, -0.2) is 17.3 Å². The summed E-state index contributed by atoms with van der Waals surface area (Å²) in [4.78, 5) is 1.65. The Morgan fingerprint density at radius 3 is 2.72 bits per heavy atom. The van der Waals surface area contributed by atoms with E-state index in [2.05, 4.69) is 37.4 Å². The van der Waals surface area contributed by atoms with Crippen molar-refractivity contribution in [3.63, 3.8) is 0 Å². The average molecular weight is 282 g/mol. The van der Waals surface area contributed by atoms with E-state index in [1.165, 1.54) is 24.2 Å². The third-order valence-corrected chi connectivity index (χ3v) is 3.81. The molecule has 2 nitrogen and oxygen atoms in total. The molecule has 0 unspecified atom stereocenters. The summed E-state index contributed by atoms with van der Waals surface area (Å²) in [5.41, 5.74) is 7.92. The van der Waals surface area contributed by atoms with Crippen molar-refractivity contribution in [3.8, 4) is 0 Å². The number of anilines is 1. The number of thiocarbonyl (C=S) groups is 1. The van der Waals surface area contributed by atoms with Gasteiger partial charge in [-0.2, -0.15) is 0 Å². The summed E-state index contributed by atoms with van der Waals surface area (Å²) in [6.45, 7) is 5.32. The van der Waals surface area contributed by atoms with Gasteiger partial charge in [0.1, 0.15) is 4.99 Å². The van der Waals surface area contributed by atoms with E-state index in [9.17, 15) is 0 Å². The standard InChI is InChI=1S/C14H22N2S2/c1-3-5-6-10-16-11-8-7-9-12(18-4-2)13(11)14(15)17/h7-9,16H,3-6,10H2,1-2H3,(H2,15,17). The number of hydrogen-bond acceptors (Lipinski definition) is 3. The molecule has 1 aromatic rings. The van der Waals surface area contributed by atoms with E-state index in [-0.39, 0.29) is 0 Å². The second-order valence-corrected chi connectivity index (χ2v) is 5.86. The molecule has 1 rings (SSSR count). The van der Waals surface area contributed by atoms with Crippen LogP contribution < -0.4 is 11.1 Å². The zero-order chi connectivity index (χ0) is 13.4. The van der Waals surface area contributed by atoms with Crippen molar-refractivity contribution >= 4 is 34.7 Å².